The molecule has 4 amide bonds. The van der Waals surface area contributed by atoms with Crippen LogP contribution in [0.3, 0.4) is 0 Å². The SMILES string of the molecule is CC(C)C1C2=C(CCN1C(=O)C1CCC(CNC(=O)OC(C)(C)C)CC1)c1cc(F)ccc1C2.CC(C)C1C2=C(CCN1C(=O)CCCCNC(=O)OC(C)(C)C)c1cc(F)ccc1C2. The third kappa shape index (κ3) is 12.6. The predicted molar refractivity (Wildman–Crippen MR) is 252 cm³/mol. The van der Waals surface area contributed by atoms with Crippen LogP contribution in [0.4, 0.5) is 18.4 Å². The molecular formula is C53H74F2N4O6. The maximum atomic E-state index is 13.9. The lowest BCUT2D eigenvalue weighted by atomic mass is 9.79. The number of benzene rings is 2. The maximum absolute atomic E-state index is 13.9. The van der Waals surface area contributed by atoms with Crippen LogP contribution in [0.25, 0.3) is 11.1 Å². The van der Waals surface area contributed by atoms with Gasteiger partial charge in [-0.25, -0.2) is 18.4 Å². The van der Waals surface area contributed by atoms with E-state index < -0.39 is 17.3 Å². The molecule has 2 unspecified atom stereocenters. The Morgan fingerprint density at radius 2 is 1.15 bits per heavy atom. The van der Waals surface area contributed by atoms with E-state index in [-0.39, 0.29) is 47.5 Å². The Morgan fingerprint density at radius 1 is 0.677 bits per heavy atom. The van der Waals surface area contributed by atoms with Crippen molar-refractivity contribution < 1.29 is 37.4 Å². The van der Waals surface area contributed by atoms with Crippen LogP contribution >= 0.6 is 0 Å². The molecule has 12 heteroatoms. The summed E-state index contributed by atoms with van der Waals surface area (Å²) >= 11 is 0. The number of hydrogen-bond acceptors (Lipinski definition) is 6. The lowest BCUT2D eigenvalue weighted by molar-refractivity contribution is -0.139. The number of carbonyl (C=O) groups excluding carboxylic acids is 4. The second kappa shape index (κ2) is 20.8. The minimum atomic E-state index is -0.515. The summed E-state index contributed by atoms with van der Waals surface area (Å²) in [4.78, 5) is 54.5. The molecule has 2 aliphatic heterocycles. The molecule has 0 saturated heterocycles. The molecule has 2 N–H and O–H groups in total. The Labute approximate surface area is 386 Å². The Hall–Kier alpha value is -4.74. The highest BCUT2D eigenvalue weighted by Gasteiger charge is 2.42. The topological polar surface area (TPSA) is 117 Å². The van der Waals surface area contributed by atoms with Gasteiger partial charge in [0.05, 0.1) is 12.1 Å². The van der Waals surface area contributed by atoms with Crippen LogP contribution in [0.2, 0.25) is 0 Å². The third-order valence-electron chi connectivity index (χ3n) is 13.4. The van der Waals surface area contributed by atoms with Gasteiger partial charge in [0.1, 0.15) is 22.8 Å². The van der Waals surface area contributed by atoms with Crippen LogP contribution in [0, 0.1) is 35.3 Å². The molecular weight excluding hydrogens is 827 g/mol. The first-order valence-electron chi connectivity index (χ1n) is 24.1. The fourth-order valence-corrected chi connectivity index (χ4v) is 10.7. The van der Waals surface area contributed by atoms with E-state index >= 15 is 0 Å². The molecule has 5 aliphatic rings. The molecule has 65 heavy (non-hydrogen) atoms. The van der Waals surface area contributed by atoms with Crippen LogP contribution in [0.15, 0.2) is 47.5 Å². The number of ether oxygens (including phenoxy) is 2. The number of amides is 4. The van der Waals surface area contributed by atoms with Crippen molar-refractivity contribution in [1.82, 2.24) is 20.4 Å². The van der Waals surface area contributed by atoms with Crippen molar-refractivity contribution in [3.05, 3.63) is 81.4 Å². The summed E-state index contributed by atoms with van der Waals surface area (Å²) in [5.41, 5.74) is 8.50. The molecule has 0 bridgehead atoms. The molecule has 3 aliphatic carbocycles. The second-order valence-corrected chi connectivity index (χ2v) is 21.4. The van der Waals surface area contributed by atoms with Gasteiger partial charge in [0.25, 0.3) is 0 Å². The van der Waals surface area contributed by atoms with Gasteiger partial charge in [-0.3, -0.25) is 9.59 Å². The highest BCUT2D eigenvalue weighted by molar-refractivity contribution is 5.85. The zero-order valence-electron chi connectivity index (χ0n) is 40.6. The Kier molecular flexibility index (Phi) is 15.9. The van der Waals surface area contributed by atoms with Crippen molar-refractivity contribution in [1.29, 1.82) is 0 Å². The molecule has 7 rings (SSSR count). The van der Waals surface area contributed by atoms with E-state index in [1.165, 1.54) is 39.5 Å². The Balaban J connectivity index is 0.000000216. The van der Waals surface area contributed by atoms with Gasteiger partial charge in [-0.1, -0.05) is 39.8 Å². The number of nitrogens with zero attached hydrogens (tertiary/aromatic N) is 2. The minimum Gasteiger partial charge on any atom is -0.444 e. The zero-order valence-corrected chi connectivity index (χ0v) is 40.6. The molecule has 10 nitrogen and oxygen atoms in total. The number of hydrogen-bond donors (Lipinski definition) is 2. The lowest BCUT2D eigenvalue weighted by Gasteiger charge is -2.42. The van der Waals surface area contributed by atoms with Crippen LogP contribution in [0.5, 0.6) is 0 Å². The molecule has 356 valence electrons. The summed E-state index contributed by atoms with van der Waals surface area (Å²) in [6, 6.07) is 10.3. The highest BCUT2D eigenvalue weighted by atomic mass is 19.1. The van der Waals surface area contributed by atoms with Crippen LogP contribution < -0.4 is 10.6 Å². The number of unbranched alkanes of at least 4 members (excludes halogenated alkanes) is 1. The number of nitrogens with one attached hydrogen (secondary N) is 2. The fraction of sp³-hybridized carbons (Fsp3) is 0.623. The van der Waals surface area contributed by atoms with E-state index in [1.54, 1.807) is 18.2 Å². The average molecular weight is 901 g/mol. The average Bonchev–Trinajstić information content (AvgIpc) is 3.78. The van der Waals surface area contributed by atoms with Crippen LogP contribution in [-0.2, 0) is 31.9 Å². The van der Waals surface area contributed by atoms with Gasteiger partial charge in [-0.2, -0.15) is 0 Å². The second-order valence-electron chi connectivity index (χ2n) is 21.4. The molecule has 2 aromatic carbocycles. The monoisotopic (exact) mass is 901 g/mol. The Morgan fingerprint density at radius 3 is 1.65 bits per heavy atom. The summed E-state index contributed by atoms with van der Waals surface area (Å²) in [5.74, 6) is 1.06. The molecule has 0 aromatic heterocycles. The number of rotatable bonds is 10. The molecule has 1 fully saturated rings. The molecule has 2 heterocycles. The van der Waals surface area contributed by atoms with Crippen molar-refractivity contribution in [3.63, 3.8) is 0 Å². The smallest absolute Gasteiger partial charge is 0.407 e. The van der Waals surface area contributed by atoms with E-state index in [4.69, 9.17) is 9.47 Å². The van der Waals surface area contributed by atoms with Crippen LogP contribution in [0.1, 0.15) is 149 Å². The minimum absolute atomic E-state index is 0.0439. The maximum Gasteiger partial charge on any atom is 0.407 e. The molecule has 0 radical (unpaired) electrons. The number of alkyl carbamates (subject to hydrolysis) is 2. The quantitative estimate of drug-likeness (QED) is 0.229. The van der Waals surface area contributed by atoms with Crippen molar-refractivity contribution in [2.75, 3.05) is 26.2 Å². The Bertz CT molecular complexity index is 2140. The first-order chi connectivity index (χ1) is 30.6. The van der Waals surface area contributed by atoms with Gasteiger partial charge in [-0.05, 0) is 192 Å². The largest absolute Gasteiger partial charge is 0.444 e. The molecule has 0 spiro atoms. The van der Waals surface area contributed by atoms with Gasteiger partial charge in [0.15, 0.2) is 0 Å². The van der Waals surface area contributed by atoms with Crippen LogP contribution in [-0.4, -0.2) is 83.3 Å². The molecule has 2 atom stereocenters. The number of carbonyl (C=O) groups is 4. The number of fused-ring (bicyclic) bond motifs is 4. The van der Waals surface area contributed by atoms with E-state index in [0.29, 0.717) is 56.8 Å². The van der Waals surface area contributed by atoms with E-state index in [9.17, 15) is 28.0 Å². The van der Waals surface area contributed by atoms with E-state index in [1.807, 2.05) is 58.6 Å². The van der Waals surface area contributed by atoms with Crippen molar-refractivity contribution in [3.8, 4) is 0 Å². The van der Waals surface area contributed by atoms with Gasteiger partial charge < -0.3 is 29.9 Å². The highest BCUT2D eigenvalue weighted by Crippen LogP contribution is 2.45. The molecule has 1 saturated carbocycles. The van der Waals surface area contributed by atoms with E-state index in [2.05, 4.69) is 43.2 Å². The van der Waals surface area contributed by atoms with Gasteiger partial charge in [0, 0.05) is 38.5 Å². The summed E-state index contributed by atoms with van der Waals surface area (Å²) in [6.07, 6.45) is 7.90. The lowest BCUT2D eigenvalue weighted by Crippen LogP contribution is -2.50. The zero-order chi connectivity index (χ0) is 47.4. The van der Waals surface area contributed by atoms with Gasteiger partial charge in [-0.15, -0.1) is 0 Å². The molecule has 2 aromatic rings. The first kappa shape index (κ1) is 49.7. The third-order valence-corrected chi connectivity index (χ3v) is 13.4. The fourth-order valence-electron chi connectivity index (χ4n) is 10.7. The first-order valence-corrected chi connectivity index (χ1v) is 24.1. The summed E-state index contributed by atoms with van der Waals surface area (Å²) in [5, 5.41) is 5.63. The van der Waals surface area contributed by atoms with Gasteiger partial charge in [0.2, 0.25) is 11.8 Å². The predicted octanol–water partition coefficient (Wildman–Crippen LogP) is 10.8. The summed E-state index contributed by atoms with van der Waals surface area (Å²) in [6.45, 7) is 22.2. The van der Waals surface area contributed by atoms with Crippen molar-refractivity contribution in [2.24, 2.45) is 23.7 Å². The summed E-state index contributed by atoms with van der Waals surface area (Å²) in [7, 11) is 0. The van der Waals surface area contributed by atoms with E-state index in [0.717, 1.165) is 68.9 Å². The normalized spacial score (nSPS) is 21.6. The van der Waals surface area contributed by atoms with Gasteiger partial charge >= 0.3 is 12.2 Å². The summed E-state index contributed by atoms with van der Waals surface area (Å²) < 4.78 is 38.3. The number of halogens is 2. The van der Waals surface area contributed by atoms with Crippen molar-refractivity contribution in [2.45, 2.75) is 163 Å². The standard InChI is InChI=1S/C28H39FN2O3.C25H35FN2O3/c1-17(2)25-24-14-20-10-11-21(29)15-23(20)22(24)12-13-31(25)26(32)19-8-6-18(7-9-19)16-30-27(33)34-28(3,4)5;1-16(2)23-21-14-17-9-10-18(26)15-20(17)19(21)11-13-28(23)22(29)8-6-7-12-27-24(30)31-25(3,4)5/h10-11,15,17-19,25H,6-9,12-14,16H2,1-5H3,(H,30,33);9-10,15-16,23H,6-8,11-14H2,1-5H3,(H,27,30). The van der Waals surface area contributed by atoms with Crippen molar-refractivity contribution >= 4 is 35.1 Å².